The lowest BCUT2D eigenvalue weighted by atomic mass is 10.1. The standard InChI is InChI=1S/C17H18BrNO2/c1-11-7-8-12(2)16(9-11)19-17(20)13(3)21-15-6-4-5-14(18)10-15/h4-10,13H,1-3H3,(H,19,20)/t13-/m0/s1. The fourth-order valence-corrected chi connectivity index (χ4v) is 2.28. The molecule has 0 heterocycles. The Balaban J connectivity index is 2.04. The van der Waals surface area contributed by atoms with E-state index < -0.39 is 6.10 Å². The number of halogens is 1. The molecular weight excluding hydrogens is 330 g/mol. The average molecular weight is 348 g/mol. The fraction of sp³-hybridized carbons (Fsp3) is 0.235. The molecule has 21 heavy (non-hydrogen) atoms. The van der Waals surface area contributed by atoms with Crippen LogP contribution in [-0.4, -0.2) is 12.0 Å². The lowest BCUT2D eigenvalue weighted by Crippen LogP contribution is -2.30. The van der Waals surface area contributed by atoms with Gasteiger partial charge >= 0.3 is 0 Å². The molecule has 0 aliphatic heterocycles. The van der Waals surface area contributed by atoms with Crippen LogP contribution in [0.3, 0.4) is 0 Å². The van der Waals surface area contributed by atoms with Crippen LogP contribution in [0.2, 0.25) is 0 Å². The van der Waals surface area contributed by atoms with Crippen LogP contribution in [-0.2, 0) is 4.79 Å². The summed E-state index contributed by atoms with van der Waals surface area (Å²) in [5.74, 6) is 0.497. The molecule has 0 aromatic heterocycles. The maximum atomic E-state index is 12.2. The summed E-state index contributed by atoms with van der Waals surface area (Å²) in [6.07, 6.45) is -0.570. The average Bonchev–Trinajstić information content (AvgIpc) is 2.43. The minimum atomic E-state index is -0.570. The molecule has 0 aliphatic carbocycles. The van der Waals surface area contributed by atoms with Gasteiger partial charge < -0.3 is 10.1 Å². The summed E-state index contributed by atoms with van der Waals surface area (Å²) in [4.78, 5) is 12.2. The number of carbonyl (C=O) groups is 1. The number of aryl methyl sites for hydroxylation is 2. The lowest BCUT2D eigenvalue weighted by molar-refractivity contribution is -0.122. The zero-order valence-corrected chi connectivity index (χ0v) is 13.9. The van der Waals surface area contributed by atoms with E-state index in [0.717, 1.165) is 21.3 Å². The van der Waals surface area contributed by atoms with E-state index in [2.05, 4.69) is 21.2 Å². The monoisotopic (exact) mass is 347 g/mol. The topological polar surface area (TPSA) is 38.3 Å². The molecule has 0 saturated carbocycles. The minimum Gasteiger partial charge on any atom is -0.481 e. The number of ether oxygens (including phenoxy) is 1. The molecular formula is C17H18BrNO2. The first-order valence-corrected chi connectivity index (χ1v) is 7.55. The highest BCUT2D eigenvalue weighted by Crippen LogP contribution is 2.20. The molecule has 4 heteroatoms. The number of carbonyl (C=O) groups excluding carboxylic acids is 1. The molecule has 2 aromatic rings. The number of benzene rings is 2. The molecule has 1 atom stereocenters. The largest absolute Gasteiger partial charge is 0.481 e. The van der Waals surface area contributed by atoms with Gasteiger partial charge in [-0.25, -0.2) is 0 Å². The Hall–Kier alpha value is -1.81. The van der Waals surface area contributed by atoms with E-state index in [9.17, 15) is 4.79 Å². The summed E-state index contributed by atoms with van der Waals surface area (Å²) in [5.41, 5.74) is 2.96. The van der Waals surface area contributed by atoms with Crippen molar-refractivity contribution in [2.24, 2.45) is 0 Å². The van der Waals surface area contributed by atoms with Crippen LogP contribution < -0.4 is 10.1 Å². The Labute approximate surface area is 133 Å². The smallest absolute Gasteiger partial charge is 0.265 e. The highest BCUT2D eigenvalue weighted by Gasteiger charge is 2.15. The first-order valence-electron chi connectivity index (χ1n) is 6.76. The van der Waals surface area contributed by atoms with Crippen LogP contribution in [0.1, 0.15) is 18.1 Å². The van der Waals surface area contributed by atoms with Crippen LogP contribution in [0.15, 0.2) is 46.9 Å². The number of anilines is 1. The fourth-order valence-electron chi connectivity index (χ4n) is 1.90. The molecule has 0 spiro atoms. The predicted molar refractivity (Wildman–Crippen MR) is 88.8 cm³/mol. The predicted octanol–water partition coefficient (Wildman–Crippen LogP) is 4.47. The van der Waals surface area contributed by atoms with Gasteiger partial charge in [-0.05, 0) is 56.2 Å². The Morgan fingerprint density at radius 2 is 1.95 bits per heavy atom. The molecule has 2 aromatic carbocycles. The van der Waals surface area contributed by atoms with Crippen LogP contribution >= 0.6 is 15.9 Å². The quantitative estimate of drug-likeness (QED) is 0.885. The molecule has 1 amide bonds. The van der Waals surface area contributed by atoms with E-state index >= 15 is 0 Å². The van der Waals surface area contributed by atoms with Gasteiger partial charge in [0.2, 0.25) is 0 Å². The molecule has 0 unspecified atom stereocenters. The zero-order chi connectivity index (χ0) is 15.4. The lowest BCUT2D eigenvalue weighted by Gasteiger charge is -2.16. The Morgan fingerprint density at radius 1 is 1.19 bits per heavy atom. The molecule has 0 aliphatic rings. The van der Waals surface area contributed by atoms with Crippen molar-refractivity contribution < 1.29 is 9.53 Å². The highest BCUT2D eigenvalue weighted by molar-refractivity contribution is 9.10. The van der Waals surface area contributed by atoms with Gasteiger partial charge in [0.1, 0.15) is 5.75 Å². The van der Waals surface area contributed by atoms with Crippen LogP contribution in [0, 0.1) is 13.8 Å². The molecule has 0 radical (unpaired) electrons. The van der Waals surface area contributed by atoms with E-state index in [-0.39, 0.29) is 5.91 Å². The second-order valence-corrected chi connectivity index (χ2v) is 5.94. The summed E-state index contributed by atoms with van der Waals surface area (Å²) in [6.45, 7) is 5.70. The van der Waals surface area contributed by atoms with Crippen molar-refractivity contribution in [1.29, 1.82) is 0 Å². The van der Waals surface area contributed by atoms with Gasteiger partial charge in [0.25, 0.3) is 5.91 Å². The Morgan fingerprint density at radius 3 is 2.67 bits per heavy atom. The number of amides is 1. The first kappa shape index (κ1) is 15.6. The third-order valence-corrected chi connectivity index (χ3v) is 3.62. The highest BCUT2D eigenvalue weighted by atomic mass is 79.9. The van der Waals surface area contributed by atoms with Gasteiger partial charge in [0.05, 0.1) is 0 Å². The van der Waals surface area contributed by atoms with Gasteiger partial charge in [-0.2, -0.15) is 0 Å². The van der Waals surface area contributed by atoms with Crippen molar-refractivity contribution in [3.8, 4) is 5.75 Å². The SMILES string of the molecule is Cc1ccc(C)c(NC(=O)[C@H](C)Oc2cccc(Br)c2)c1. The van der Waals surface area contributed by atoms with Crippen LogP contribution in [0.5, 0.6) is 5.75 Å². The summed E-state index contributed by atoms with van der Waals surface area (Å²) in [5, 5.41) is 2.91. The molecule has 3 nitrogen and oxygen atoms in total. The van der Waals surface area contributed by atoms with E-state index in [4.69, 9.17) is 4.74 Å². The van der Waals surface area contributed by atoms with Crippen molar-refractivity contribution in [3.05, 3.63) is 58.1 Å². The Kier molecular flexibility index (Phi) is 5.02. The van der Waals surface area contributed by atoms with Gasteiger partial charge in [-0.15, -0.1) is 0 Å². The number of hydrogen-bond donors (Lipinski definition) is 1. The third kappa shape index (κ3) is 4.33. The van der Waals surface area contributed by atoms with E-state index in [1.54, 1.807) is 6.92 Å². The second-order valence-electron chi connectivity index (χ2n) is 5.03. The van der Waals surface area contributed by atoms with E-state index in [1.807, 2.05) is 56.3 Å². The van der Waals surface area contributed by atoms with E-state index in [1.165, 1.54) is 0 Å². The third-order valence-electron chi connectivity index (χ3n) is 3.13. The van der Waals surface area contributed by atoms with Crippen LogP contribution in [0.4, 0.5) is 5.69 Å². The minimum absolute atomic E-state index is 0.163. The summed E-state index contributed by atoms with van der Waals surface area (Å²) >= 11 is 3.38. The maximum Gasteiger partial charge on any atom is 0.265 e. The van der Waals surface area contributed by atoms with Crippen LogP contribution in [0.25, 0.3) is 0 Å². The van der Waals surface area contributed by atoms with Crippen molar-refractivity contribution in [3.63, 3.8) is 0 Å². The maximum absolute atomic E-state index is 12.2. The Bertz CT molecular complexity index is 655. The zero-order valence-electron chi connectivity index (χ0n) is 12.3. The summed E-state index contributed by atoms with van der Waals surface area (Å²) in [6, 6.07) is 13.4. The summed E-state index contributed by atoms with van der Waals surface area (Å²) < 4.78 is 6.58. The summed E-state index contributed by atoms with van der Waals surface area (Å²) in [7, 11) is 0. The van der Waals surface area contributed by atoms with Gasteiger partial charge in [0, 0.05) is 10.2 Å². The molecule has 110 valence electrons. The number of hydrogen-bond acceptors (Lipinski definition) is 2. The number of nitrogens with one attached hydrogen (secondary N) is 1. The van der Waals surface area contributed by atoms with Crippen molar-refractivity contribution in [1.82, 2.24) is 0 Å². The molecule has 0 fully saturated rings. The van der Waals surface area contributed by atoms with Crippen molar-refractivity contribution in [2.45, 2.75) is 26.9 Å². The number of rotatable bonds is 4. The molecule has 2 rings (SSSR count). The second kappa shape index (κ2) is 6.76. The van der Waals surface area contributed by atoms with Gasteiger partial charge in [-0.3, -0.25) is 4.79 Å². The van der Waals surface area contributed by atoms with Crippen molar-refractivity contribution in [2.75, 3.05) is 5.32 Å². The van der Waals surface area contributed by atoms with Gasteiger partial charge in [-0.1, -0.05) is 34.1 Å². The normalized spacial score (nSPS) is 11.8. The van der Waals surface area contributed by atoms with Crippen molar-refractivity contribution >= 4 is 27.5 Å². The first-order chi connectivity index (χ1) is 9.95. The molecule has 1 N–H and O–H groups in total. The molecule has 0 bridgehead atoms. The van der Waals surface area contributed by atoms with Gasteiger partial charge in [0.15, 0.2) is 6.10 Å². The van der Waals surface area contributed by atoms with E-state index in [0.29, 0.717) is 5.75 Å². The molecule has 0 saturated heterocycles.